The third-order valence-corrected chi connectivity index (χ3v) is 14.6. The molecule has 0 aliphatic carbocycles. The van der Waals surface area contributed by atoms with Gasteiger partial charge in [-0.3, -0.25) is 14.4 Å². The van der Waals surface area contributed by atoms with Gasteiger partial charge < -0.3 is 14.2 Å². The van der Waals surface area contributed by atoms with Crippen molar-refractivity contribution in [1.82, 2.24) is 0 Å². The molecule has 0 aromatic carbocycles. The highest BCUT2D eigenvalue weighted by Gasteiger charge is 2.19. The summed E-state index contributed by atoms with van der Waals surface area (Å²) in [6.45, 7) is 6.47. The van der Waals surface area contributed by atoms with Gasteiger partial charge in [-0.15, -0.1) is 0 Å². The summed E-state index contributed by atoms with van der Waals surface area (Å²) in [6.07, 6.45) is 98.9. The molecule has 6 nitrogen and oxygen atoms in total. The van der Waals surface area contributed by atoms with Crippen molar-refractivity contribution in [3.63, 3.8) is 0 Å². The fourth-order valence-electron chi connectivity index (χ4n) is 9.43. The first-order chi connectivity index (χ1) is 41.0. The largest absolute Gasteiger partial charge is 0.462 e. The lowest BCUT2D eigenvalue weighted by atomic mass is 10.1. The summed E-state index contributed by atoms with van der Waals surface area (Å²) in [4.78, 5) is 38.5. The summed E-state index contributed by atoms with van der Waals surface area (Å²) in [6, 6.07) is 0. The predicted molar refractivity (Wildman–Crippen MR) is 362 cm³/mol. The molecule has 83 heavy (non-hydrogen) atoms. The number of esters is 3. The molecule has 0 bridgehead atoms. The average molecular weight is 1150 g/mol. The van der Waals surface area contributed by atoms with Crippen molar-refractivity contribution in [2.75, 3.05) is 13.2 Å². The molecule has 0 fully saturated rings. The summed E-state index contributed by atoms with van der Waals surface area (Å²) in [5.74, 6) is -0.947. The second-order valence-electron chi connectivity index (χ2n) is 22.7. The molecule has 0 aromatic heterocycles. The molecule has 1 unspecified atom stereocenters. The number of carbonyl (C=O) groups excluding carboxylic acids is 3. The summed E-state index contributed by atoms with van der Waals surface area (Å²) in [7, 11) is 0. The number of ether oxygens (including phenoxy) is 3. The van der Waals surface area contributed by atoms with Crippen molar-refractivity contribution in [1.29, 1.82) is 0 Å². The van der Waals surface area contributed by atoms with Crippen LogP contribution in [0, 0.1) is 0 Å². The molecule has 0 rings (SSSR count). The Morgan fingerprint density at radius 1 is 0.253 bits per heavy atom. The number of hydrogen-bond acceptors (Lipinski definition) is 6. The maximum absolute atomic E-state index is 12.9. The zero-order valence-corrected chi connectivity index (χ0v) is 54.2. The minimum Gasteiger partial charge on any atom is -0.462 e. The van der Waals surface area contributed by atoms with Crippen molar-refractivity contribution in [3.05, 3.63) is 134 Å². The third-order valence-electron chi connectivity index (χ3n) is 14.6. The molecule has 0 N–H and O–H groups in total. The highest BCUT2D eigenvalue weighted by atomic mass is 16.6. The van der Waals surface area contributed by atoms with Crippen molar-refractivity contribution in [2.45, 2.75) is 322 Å². The van der Waals surface area contributed by atoms with Crippen LogP contribution in [-0.2, 0) is 28.6 Å². The first-order valence-corrected chi connectivity index (χ1v) is 34.7. The first kappa shape index (κ1) is 78.5. The Morgan fingerprint density at radius 2 is 0.470 bits per heavy atom. The van der Waals surface area contributed by atoms with E-state index in [4.69, 9.17) is 14.2 Å². The molecule has 0 saturated heterocycles. The molecule has 0 heterocycles. The van der Waals surface area contributed by atoms with Crippen LogP contribution in [0.15, 0.2) is 134 Å². The lowest BCUT2D eigenvalue weighted by Crippen LogP contribution is -2.30. The number of hydrogen-bond donors (Lipinski definition) is 0. The lowest BCUT2D eigenvalue weighted by molar-refractivity contribution is -0.167. The molecule has 0 aliphatic rings. The smallest absolute Gasteiger partial charge is 0.306 e. The first-order valence-electron chi connectivity index (χ1n) is 34.7. The van der Waals surface area contributed by atoms with Crippen molar-refractivity contribution in [3.8, 4) is 0 Å². The van der Waals surface area contributed by atoms with Crippen LogP contribution in [0.1, 0.15) is 316 Å². The number of rotatable bonds is 62. The van der Waals surface area contributed by atoms with Crippen LogP contribution in [0.2, 0.25) is 0 Å². The van der Waals surface area contributed by atoms with E-state index in [2.05, 4.69) is 154 Å². The van der Waals surface area contributed by atoms with Gasteiger partial charge in [-0.2, -0.15) is 0 Å². The van der Waals surface area contributed by atoms with Crippen molar-refractivity contribution >= 4 is 17.9 Å². The van der Waals surface area contributed by atoms with E-state index in [1.807, 2.05) is 0 Å². The number of allylic oxidation sites excluding steroid dienone is 22. The predicted octanol–water partition coefficient (Wildman–Crippen LogP) is 24.1. The van der Waals surface area contributed by atoms with Crippen LogP contribution in [0.4, 0.5) is 0 Å². The molecule has 1 atom stereocenters. The minimum absolute atomic E-state index is 0.102. The molecule has 0 aromatic rings. The van der Waals surface area contributed by atoms with Gasteiger partial charge >= 0.3 is 17.9 Å². The van der Waals surface area contributed by atoms with Gasteiger partial charge in [-0.25, -0.2) is 0 Å². The van der Waals surface area contributed by atoms with Gasteiger partial charge in [0.25, 0.3) is 0 Å². The van der Waals surface area contributed by atoms with E-state index in [0.717, 1.165) is 109 Å². The highest BCUT2D eigenvalue weighted by molar-refractivity contribution is 5.71. The van der Waals surface area contributed by atoms with E-state index >= 15 is 0 Å². The highest BCUT2D eigenvalue weighted by Crippen LogP contribution is 2.16. The molecule has 0 spiro atoms. The van der Waals surface area contributed by atoms with Crippen molar-refractivity contribution < 1.29 is 28.6 Å². The van der Waals surface area contributed by atoms with Crippen molar-refractivity contribution in [2.24, 2.45) is 0 Å². The molecule has 0 radical (unpaired) electrons. The number of unbranched alkanes of at least 4 members (excludes halogenated alkanes) is 29. The second kappa shape index (κ2) is 70.0. The topological polar surface area (TPSA) is 78.9 Å². The molecule has 0 aliphatic heterocycles. The van der Waals surface area contributed by atoms with E-state index in [1.165, 1.54) is 161 Å². The Morgan fingerprint density at radius 3 is 0.783 bits per heavy atom. The Labute approximate surface area is 513 Å². The Hall–Kier alpha value is -4.45. The monoisotopic (exact) mass is 1150 g/mol. The Kier molecular flexibility index (Phi) is 66.3. The van der Waals surface area contributed by atoms with E-state index in [1.54, 1.807) is 0 Å². The zero-order valence-electron chi connectivity index (χ0n) is 54.2. The second-order valence-corrected chi connectivity index (χ2v) is 22.7. The molecule has 6 heteroatoms. The van der Waals surface area contributed by atoms with Gasteiger partial charge in [0, 0.05) is 19.3 Å². The zero-order chi connectivity index (χ0) is 59.9. The third kappa shape index (κ3) is 68.2. The van der Waals surface area contributed by atoms with E-state index < -0.39 is 6.10 Å². The van der Waals surface area contributed by atoms with Crippen LogP contribution < -0.4 is 0 Å². The van der Waals surface area contributed by atoms with E-state index in [9.17, 15) is 14.4 Å². The molecular weight excluding hydrogens is 1020 g/mol. The number of carbonyl (C=O) groups is 3. The Bertz CT molecular complexity index is 1750. The van der Waals surface area contributed by atoms with Crippen LogP contribution in [-0.4, -0.2) is 37.2 Å². The van der Waals surface area contributed by atoms with Gasteiger partial charge in [0.05, 0.1) is 0 Å². The van der Waals surface area contributed by atoms with Gasteiger partial charge in [0.2, 0.25) is 0 Å². The minimum atomic E-state index is -0.812. The van der Waals surface area contributed by atoms with Gasteiger partial charge in [-0.05, 0) is 141 Å². The van der Waals surface area contributed by atoms with E-state index in [-0.39, 0.29) is 37.5 Å². The molecular formula is C77H128O6. The fraction of sp³-hybridized carbons (Fsp3) is 0.675. The SMILES string of the molecule is CC/C=C\C/C=C\C/C=C\C/C=C\C/C=C\C/C=C\CCCCC(=O)OC(COC(=O)CCCCCCCCCCC/C=C\C/C=C\CCCCC)COC(=O)CCCCCCCCCCCC/C=C\C/C=C\C/C=C\CCCCCCC. The average Bonchev–Trinajstić information content (AvgIpc) is 3.50. The van der Waals surface area contributed by atoms with E-state index in [0.29, 0.717) is 19.3 Å². The summed E-state index contributed by atoms with van der Waals surface area (Å²) >= 11 is 0. The van der Waals surface area contributed by atoms with Gasteiger partial charge in [0.15, 0.2) is 6.10 Å². The maximum Gasteiger partial charge on any atom is 0.306 e. The van der Waals surface area contributed by atoms with Gasteiger partial charge in [0.1, 0.15) is 13.2 Å². The molecule has 0 amide bonds. The van der Waals surface area contributed by atoms with Crippen LogP contribution in [0.3, 0.4) is 0 Å². The van der Waals surface area contributed by atoms with Crippen LogP contribution in [0.25, 0.3) is 0 Å². The lowest BCUT2D eigenvalue weighted by Gasteiger charge is -2.18. The maximum atomic E-state index is 12.9. The summed E-state index contributed by atoms with van der Waals surface area (Å²) < 4.78 is 16.9. The molecule has 0 saturated carbocycles. The Balaban J connectivity index is 4.47. The van der Waals surface area contributed by atoms with Crippen LogP contribution >= 0.6 is 0 Å². The van der Waals surface area contributed by atoms with Gasteiger partial charge in [-0.1, -0.05) is 289 Å². The summed E-state index contributed by atoms with van der Waals surface area (Å²) in [5, 5.41) is 0. The van der Waals surface area contributed by atoms with Crippen LogP contribution in [0.5, 0.6) is 0 Å². The summed E-state index contributed by atoms with van der Waals surface area (Å²) in [5.41, 5.74) is 0. The molecule has 472 valence electrons. The fourth-order valence-corrected chi connectivity index (χ4v) is 9.43. The normalized spacial score (nSPS) is 13.0. The quantitative estimate of drug-likeness (QED) is 0.0261. The standard InChI is InChI=1S/C77H128O6/c1-4-7-10-13-16-19-22-25-28-31-34-36-37-38-39-41-43-46-49-52-55-58-61-64-67-70-76(79)82-73-74(72-81-75(78)69-66-63-60-57-54-51-48-45-42-33-30-27-24-21-18-15-12-9-6-3)83-77(80)71-68-65-62-59-56-53-50-47-44-40-35-32-29-26-23-20-17-14-11-8-5-2/h8,11,17-18,20-22,25-27,29-31,34-35,37-38,40,47,50,56,59,74H,4-7,9-10,12-16,19,23-24,28,32-33,36,39,41-46,48-49,51-55,57-58,60-73H2,1-3H3/b11-8-,20-17-,21-18-,25-22-,29-26-,30-27-,34-31-,38-37-,40-35-,50-47-,59-56-.